The Morgan fingerprint density at radius 1 is 1.17 bits per heavy atom. The number of hydrogen-bond acceptors (Lipinski definition) is 5. The van der Waals surface area contributed by atoms with E-state index in [0.717, 1.165) is 5.56 Å². The first-order valence-corrected chi connectivity index (χ1v) is 7.25. The molecule has 2 aromatic carbocycles. The molecular formula is C17H14N2O4. The Hall–Kier alpha value is -3.02. The van der Waals surface area contributed by atoms with Crippen LogP contribution in [0.15, 0.2) is 47.6 Å². The first-order chi connectivity index (χ1) is 11.3. The number of nitrogens with zero attached hydrogens (tertiary/aromatic N) is 2. The minimum absolute atomic E-state index is 0.156. The minimum Gasteiger partial charge on any atom is -0.507 e. The van der Waals surface area contributed by atoms with Gasteiger partial charge < -0.3 is 14.6 Å². The minimum atomic E-state index is -0.225. The molecule has 1 atom stereocenters. The number of phenolic OH excluding ortho intramolecular Hbond substituents is 1. The van der Waals surface area contributed by atoms with Crippen LogP contribution in [-0.2, 0) is 4.79 Å². The number of aromatic hydroxyl groups is 1. The van der Waals surface area contributed by atoms with E-state index in [1.165, 1.54) is 5.01 Å². The van der Waals surface area contributed by atoms with Crippen LogP contribution in [0.5, 0.6) is 17.2 Å². The molecule has 4 rings (SSSR count). The van der Waals surface area contributed by atoms with Crippen molar-refractivity contribution in [2.45, 2.75) is 12.5 Å². The van der Waals surface area contributed by atoms with Crippen molar-refractivity contribution >= 4 is 12.1 Å². The summed E-state index contributed by atoms with van der Waals surface area (Å²) in [5.41, 5.74) is 2.23. The molecule has 0 bridgehead atoms. The molecule has 0 saturated heterocycles. The van der Waals surface area contributed by atoms with Gasteiger partial charge in [0.05, 0.1) is 11.8 Å². The van der Waals surface area contributed by atoms with E-state index in [1.54, 1.807) is 18.2 Å². The molecule has 0 aliphatic carbocycles. The van der Waals surface area contributed by atoms with Crippen LogP contribution in [0.4, 0.5) is 0 Å². The van der Waals surface area contributed by atoms with E-state index in [4.69, 9.17) is 9.47 Å². The summed E-state index contributed by atoms with van der Waals surface area (Å²) in [4.78, 5) is 11.4. The number of phenols is 1. The van der Waals surface area contributed by atoms with E-state index in [2.05, 4.69) is 5.10 Å². The van der Waals surface area contributed by atoms with Gasteiger partial charge in [-0.05, 0) is 29.8 Å². The predicted molar refractivity (Wildman–Crippen MR) is 82.5 cm³/mol. The highest BCUT2D eigenvalue weighted by atomic mass is 16.7. The maximum atomic E-state index is 11.4. The van der Waals surface area contributed by atoms with Crippen LogP contribution in [-0.4, -0.2) is 29.0 Å². The Bertz CT molecular complexity index is 803. The number of carbonyl (C=O) groups is 1. The van der Waals surface area contributed by atoms with Gasteiger partial charge in [0.1, 0.15) is 5.75 Å². The molecular weight excluding hydrogens is 296 g/mol. The summed E-state index contributed by atoms with van der Waals surface area (Å²) in [7, 11) is 0. The van der Waals surface area contributed by atoms with Crippen LogP contribution >= 0.6 is 0 Å². The summed E-state index contributed by atoms with van der Waals surface area (Å²) in [6.07, 6.45) is 1.22. The van der Waals surface area contributed by atoms with E-state index < -0.39 is 0 Å². The van der Waals surface area contributed by atoms with Gasteiger partial charge in [-0.25, -0.2) is 5.01 Å². The zero-order chi connectivity index (χ0) is 15.8. The van der Waals surface area contributed by atoms with Crippen molar-refractivity contribution in [2.75, 3.05) is 6.79 Å². The molecule has 1 amide bonds. The highest BCUT2D eigenvalue weighted by molar-refractivity contribution is 6.04. The summed E-state index contributed by atoms with van der Waals surface area (Å²) < 4.78 is 10.7. The second kappa shape index (κ2) is 5.31. The van der Waals surface area contributed by atoms with Crippen molar-refractivity contribution in [1.82, 2.24) is 5.01 Å². The lowest BCUT2D eigenvalue weighted by Crippen LogP contribution is -2.17. The number of fused-ring (bicyclic) bond motifs is 1. The lowest BCUT2D eigenvalue weighted by Gasteiger charge is -2.17. The van der Waals surface area contributed by atoms with Crippen molar-refractivity contribution < 1.29 is 19.4 Å². The summed E-state index contributed by atoms with van der Waals surface area (Å²) in [6, 6.07) is 12.4. The number of hydrogen-bond donors (Lipinski definition) is 1. The normalized spacial score (nSPS) is 18.9. The van der Waals surface area contributed by atoms with Crippen molar-refractivity contribution in [3.05, 3.63) is 53.6 Å². The Labute approximate surface area is 132 Å². The van der Waals surface area contributed by atoms with E-state index in [9.17, 15) is 9.90 Å². The monoisotopic (exact) mass is 310 g/mol. The molecule has 6 heteroatoms. The SMILES string of the molecule is O=CN1N=C(c2ccccc2O)C[C@H]1c1ccc2c(c1)OCO2. The lowest BCUT2D eigenvalue weighted by atomic mass is 9.98. The fourth-order valence-electron chi connectivity index (χ4n) is 2.90. The topological polar surface area (TPSA) is 71.4 Å². The standard InChI is InChI=1S/C17H14N2O4/c20-9-19-14(11-5-6-16-17(7-11)23-10-22-16)8-13(18-19)12-3-1-2-4-15(12)21/h1-7,9,14,21H,8,10H2/t14-/m0/s1. The third-order valence-electron chi connectivity index (χ3n) is 4.05. The summed E-state index contributed by atoms with van der Waals surface area (Å²) in [5, 5.41) is 15.7. The summed E-state index contributed by atoms with van der Waals surface area (Å²) in [6.45, 7) is 0.209. The van der Waals surface area contributed by atoms with Gasteiger partial charge in [0.15, 0.2) is 11.5 Å². The quantitative estimate of drug-likeness (QED) is 0.884. The van der Waals surface area contributed by atoms with E-state index in [0.29, 0.717) is 35.6 Å². The maximum Gasteiger partial charge on any atom is 0.231 e. The zero-order valence-corrected chi connectivity index (χ0v) is 12.2. The summed E-state index contributed by atoms with van der Waals surface area (Å²) >= 11 is 0. The van der Waals surface area contributed by atoms with Crippen LogP contribution in [0, 0.1) is 0 Å². The van der Waals surface area contributed by atoms with Crippen LogP contribution in [0.2, 0.25) is 0 Å². The number of ether oxygens (including phenoxy) is 2. The molecule has 0 fully saturated rings. The highest BCUT2D eigenvalue weighted by Gasteiger charge is 2.30. The highest BCUT2D eigenvalue weighted by Crippen LogP contribution is 2.39. The number of para-hydroxylation sites is 1. The third kappa shape index (κ3) is 2.28. The molecule has 2 aliphatic rings. The van der Waals surface area contributed by atoms with Crippen LogP contribution in [0.3, 0.4) is 0 Å². The number of carbonyl (C=O) groups excluding carboxylic acids is 1. The fourth-order valence-corrected chi connectivity index (χ4v) is 2.90. The molecule has 6 nitrogen and oxygen atoms in total. The molecule has 116 valence electrons. The van der Waals surface area contributed by atoms with E-state index in [1.807, 2.05) is 24.3 Å². The average molecular weight is 310 g/mol. The second-order valence-electron chi connectivity index (χ2n) is 5.38. The first-order valence-electron chi connectivity index (χ1n) is 7.25. The molecule has 0 saturated carbocycles. The molecule has 2 heterocycles. The number of amides is 1. The van der Waals surface area contributed by atoms with Crippen molar-refractivity contribution in [2.24, 2.45) is 5.10 Å². The molecule has 0 aromatic heterocycles. The van der Waals surface area contributed by atoms with E-state index >= 15 is 0 Å². The van der Waals surface area contributed by atoms with E-state index in [-0.39, 0.29) is 18.6 Å². The Kier molecular flexibility index (Phi) is 3.15. The van der Waals surface area contributed by atoms with Crippen LogP contribution in [0.1, 0.15) is 23.6 Å². The van der Waals surface area contributed by atoms with Gasteiger partial charge in [-0.2, -0.15) is 5.10 Å². The predicted octanol–water partition coefficient (Wildman–Crippen LogP) is 2.43. The maximum absolute atomic E-state index is 11.4. The second-order valence-corrected chi connectivity index (χ2v) is 5.38. The summed E-state index contributed by atoms with van der Waals surface area (Å²) in [5.74, 6) is 1.53. The Morgan fingerprint density at radius 3 is 2.83 bits per heavy atom. The van der Waals surface area contributed by atoms with Crippen LogP contribution < -0.4 is 9.47 Å². The average Bonchev–Trinajstić information content (AvgIpc) is 3.21. The van der Waals surface area contributed by atoms with Crippen molar-refractivity contribution in [3.8, 4) is 17.2 Å². The third-order valence-corrected chi connectivity index (χ3v) is 4.05. The molecule has 2 aromatic rings. The Morgan fingerprint density at radius 2 is 2.00 bits per heavy atom. The van der Waals surface area contributed by atoms with Gasteiger partial charge in [-0.15, -0.1) is 0 Å². The first kappa shape index (κ1) is 13.6. The molecule has 0 unspecified atom stereocenters. The number of hydrazone groups is 1. The number of rotatable bonds is 3. The van der Waals surface area contributed by atoms with Crippen molar-refractivity contribution in [3.63, 3.8) is 0 Å². The van der Waals surface area contributed by atoms with Gasteiger partial charge >= 0.3 is 0 Å². The van der Waals surface area contributed by atoms with Crippen LogP contribution in [0.25, 0.3) is 0 Å². The van der Waals surface area contributed by atoms with Gasteiger partial charge in [-0.1, -0.05) is 18.2 Å². The smallest absolute Gasteiger partial charge is 0.231 e. The molecule has 2 aliphatic heterocycles. The zero-order valence-electron chi connectivity index (χ0n) is 12.2. The van der Waals surface area contributed by atoms with Gasteiger partial charge in [0, 0.05) is 12.0 Å². The Balaban J connectivity index is 1.67. The lowest BCUT2D eigenvalue weighted by molar-refractivity contribution is -0.119. The molecule has 23 heavy (non-hydrogen) atoms. The van der Waals surface area contributed by atoms with Gasteiger partial charge in [-0.3, -0.25) is 4.79 Å². The largest absolute Gasteiger partial charge is 0.507 e. The fraction of sp³-hybridized carbons (Fsp3) is 0.176. The van der Waals surface area contributed by atoms with Gasteiger partial charge in [0.25, 0.3) is 0 Å². The molecule has 0 spiro atoms. The molecule has 0 radical (unpaired) electrons. The number of benzene rings is 2. The van der Waals surface area contributed by atoms with Gasteiger partial charge in [0.2, 0.25) is 13.2 Å². The molecule has 1 N–H and O–H groups in total. The van der Waals surface area contributed by atoms with Crippen molar-refractivity contribution in [1.29, 1.82) is 0 Å².